The molecule has 0 aliphatic heterocycles. The molecule has 19 heavy (non-hydrogen) atoms. The maximum Gasteiger partial charge on any atom is 0.0464 e. The molecule has 1 aromatic carbocycles. The standard InChI is InChI=1S/C16H25NOS/c1-3-8-17-16-14-7-5-4-6-13(14)9-15(16)19-11-12(2)10-18/h4-7,12,15-18H,3,8-11H2,1-2H3. The molecule has 0 bridgehead atoms. The fourth-order valence-corrected chi connectivity index (χ4v) is 4.01. The predicted octanol–water partition coefficient (Wildman–Crippen LogP) is 3.01. The lowest BCUT2D eigenvalue weighted by atomic mass is 10.1. The fraction of sp³-hybridized carbons (Fsp3) is 0.625. The van der Waals surface area contributed by atoms with Crippen LogP contribution in [0.4, 0.5) is 0 Å². The van der Waals surface area contributed by atoms with Crippen molar-refractivity contribution in [2.45, 2.75) is 38.0 Å². The summed E-state index contributed by atoms with van der Waals surface area (Å²) in [5, 5.41) is 13.5. The van der Waals surface area contributed by atoms with Crippen LogP contribution in [-0.4, -0.2) is 29.3 Å². The van der Waals surface area contributed by atoms with Gasteiger partial charge in [0.05, 0.1) is 0 Å². The quantitative estimate of drug-likeness (QED) is 0.805. The Morgan fingerprint density at radius 1 is 1.42 bits per heavy atom. The molecular formula is C16H25NOS. The molecule has 0 saturated heterocycles. The lowest BCUT2D eigenvalue weighted by molar-refractivity contribution is 0.250. The minimum absolute atomic E-state index is 0.291. The van der Waals surface area contributed by atoms with Gasteiger partial charge in [-0.05, 0) is 42.2 Å². The van der Waals surface area contributed by atoms with E-state index in [1.807, 2.05) is 11.8 Å². The zero-order valence-corrected chi connectivity index (χ0v) is 12.7. The van der Waals surface area contributed by atoms with E-state index in [2.05, 4.69) is 43.4 Å². The maximum atomic E-state index is 9.16. The third kappa shape index (κ3) is 3.74. The van der Waals surface area contributed by atoms with Crippen molar-refractivity contribution < 1.29 is 5.11 Å². The van der Waals surface area contributed by atoms with Gasteiger partial charge in [0.1, 0.15) is 0 Å². The van der Waals surface area contributed by atoms with Crippen LogP contribution in [0.3, 0.4) is 0 Å². The monoisotopic (exact) mass is 279 g/mol. The minimum atomic E-state index is 0.291. The van der Waals surface area contributed by atoms with Crippen molar-refractivity contribution in [3.63, 3.8) is 0 Å². The van der Waals surface area contributed by atoms with E-state index in [9.17, 15) is 0 Å². The Balaban J connectivity index is 2.03. The first-order valence-corrected chi connectivity index (χ1v) is 8.34. The Labute approximate surface area is 121 Å². The molecule has 2 N–H and O–H groups in total. The smallest absolute Gasteiger partial charge is 0.0464 e. The van der Waals surface area contributed by atoms with Gasteiger partial charge < -0.3 is 10.4 Å². The Bertz CT molecular complexity index is 396. The van der Waals surface area contributed by atoms with Crippen molar-refractivity contribution in [1.29, 1.82) is 0 Å². The molecule has 2 nitrogen and oxygen atoms in total. The molecule has 0 fully saturated rings. The molecule has 1 aliphatic carbocycles. The van der Waals surface area contributed by atoms with Gasteiger partial charge in [-0.25, -0.2) is 0 Å². The summed E-state index contributed by atoms with van der Waals surface area (Å²) in [6.45, 7) is 5.69. The Morgan fingerprint density at radius 3 is 2.95 bits per heavy atom. The van der Waals surface area contributed by atoms with Crippen molar-refractivity contribution in [2.24, 2.45) is 5.92 Å². The average molecular weight is 279 g/mol. The van der Waals surface area contributed by atoms with E-state index in [-0.39, 0.29) is 0 Å². The summed E-state index contributed by atoms with van der Waals surface area (Å²) in [5.41, 5.74) is 2.97. The van der Waals surface area contributed by atoms with Crippen molar-refractivity contribution in [1.82, 2.24) is 5.32 Å². The van der Waals surface area contributed by atoms with Crippen molar-refractivity contribution in [2.75, 3.05) is 18.9 Å². The summed E-state index contributed by atoms with van der Waals surface area (Å²) in [4.78, 5) is 0. The second-order valence-electron chi connectivity index (χ2n) is 5.49. The summed E-state index contributed by atoms with van der Waals surface area (Å²) >= 11 is 2.01. The topological polar surface area (TPSA) is 32.3 Å². The molecule has 0 aromatic heterocycles. The highest BCUT2D eigenvalue weighted by atomic mass is 32.2. The molecular weight excluding hydrogens is 254 g/mol. The summed E-state index contributed by atoms with van der Waals surface area (Å²) in [7, 11) is 0. The van der Waals surface area contributed by atoms with Gasteiger partial charge in [-0.2, -0.15) is 11.8 Å². The van der Waals surface area contributed by atoms with Crippen LogP contribution in [0.5, 0.6) is 0 Å². The molecule has 1 aromatic rings. The lowest BCUT2D eigenvalue weighted by Gasteiger charge is -2.22. The minimum Gasteiger partial charge on any atom is -0.396 e. The first kappa shape index (κ1) is 14.9. The number of hydrogen-bond acceptors (Lipinski definition) is 3. The van der Waals surface area contributed by atoms with Crippen LogP contribution in [-0.2, 0) is 6.42 Å². The van der Waals surface area contributed by atoms with Gasteiger partial charge in [-0.3, -0.25) is 0 Å². The van der Waals surface area contributed by atoms with Gasteiger partial charge in [0.15, 0.2) is 0 Å². The number of aliphatic hydroxyl groups excluding tert-OH is 1. The Morgan fingerprint density at radius 2 is 2.21 bits per heavy atom. The van der Waals surface area contributed by atoms with Gasteiger partial charge in [0.25, 0.3) is 0 Å². The third-order valence-corrected chi connectivity index (χ3v) is 5.33. The van der Waals surface area contributed by atoms with Gasteiger partial charge in [-0.15, -0.1) is 0 Å². The van der Waals surface area contributed by atoms with E-state index in [1.165, 1.54) is 17.5 Å². The normalized spacial score (nSPS) is 23.3. The van der Waals surface area contributed by atoms with Crippen molar-refractivity contribution in [3.8, 4) is 0 Å². The molecule has 3 atom stereocenters. The van der Waals surface area contributed by atoms with Crippen LogP contribution in [0.2, 0.25) is 0 Å². The molecule has 0 heterocycles. The molecule has 1 aliphatic rings. The maximum absolute atomic E-state index is 9.16. The fourth-order valence-electron chi connectivity index (χ4n) is 2.60. The largest absolute Gasteiger partial charge is 0.396 e. The SMILES string of the molecule is CCCNC1c2ccccc2CC1SCC(C)CO. The highest BCUT2D eigenvalue weighted by molar-refractivity contribution is 7.99. The molecule has 3 unspecified atom stereocenters. The average Bonchev–Trinajstić information content (AvgIpc) is 2.80. The van der Waals surface area contributed by atoms with Gasteiger partial charge >= 0.3 is 0 Å². The van der Waals surface area contributed by atoms with E-state index >= 15 is 0 Å². The highest BCUT2D eigenvalue weighted by Gasteiger charge is 2.32. The number of benzene rings is 1. The number of nitrogens with one attached hydrogen (secondary N) is 1. The lowest BCUT2D eigenvalue weighted by Crippen LogP contribution is -2.28. The number of rotatable bonds is 7. The van der Waals surface area contributed by atoms with E-state index in [0.29, 0.717) is 23.8 Å². The number of hydrogen-bond donors (Lipinski definition) is 2. The molecule has 3 heteroatoms. The van der Waals surface area contributed by atoms with Gasteiger partial charge in [0.2, 0.25) is 0 Å². The zero-order valence-electron chi connectivity index (χ0n) is 11.9. The molecule has 0 radical (unpaired) electrons. The highest BCUT2D eigenvalue weighted by Crippen LogP contribution is 2.38. The number of fused-ring (bicyclic) bond motifs is 1. The van der Waals surface area contributed by atoms with Crippen LogP contribution in [0.25, 0.3) is 0 Å². The van der Waals surface area contributed by atoms with E-state index < -0.39 is 0 Å². The van der Waals surface area contributed by atoms with Crippen LogP contribution in [0, 0.1) is 5.92 Å². The molecule has 0 spiro atoms. The second kappa shape index (κ2) is 7.32. The zero-order chi connectivity index (χ0) is 13.7. The van der Waals surface area contributed by atoms with Crippen molar-refractivity contribution >= 4 is 11.8 Å². The van der Waals surface area contributed by atoms with Crippen LogP contribution < -0.4 is 5.32 Å². The number of thioether (sulfide) groups is 1. The van der Waals surface area contributed by atoms with E-state index in [0.717, 1.165) is 18.7 Å². The first-order chi connectivity index (χ1) is 9.26. The molecule has 2 rings (SSSR count). The molecule has 0 saturated carbocycles. The Hall–Kier alpha value is -0.510. The van der Waals surface area contributed by atoms with Crippen LogP contribution >= 0.6 is 11.8 Å². The second-order valence-corrected chi connectivity index (χ2v) is 6.77. The Kier molecular flexibility index (Phi) is 5.74. The summed E-state index contributed by atoms with van der Waals surface area (Å²) in [5.74, 6) is 1.43. The number of aliphatic hydroxyl groups is 1. The molecule has 106 valence electrons. The third-order valence-electron chi connectivity index (χ3n) is 3.70. The summed E-state index contributed by atoms with van der Waals surface area (Å²) in [6.07, 6.45) is 2.32. The first-order valence-electron chi connectivity index (χ1n) is 7.29. The van der Waals surface area contributed by atoms with E-state index in [1.54, 1.807) is 0 Å². The van der Waals surface area contributed by atoms with Gasteiger partial charge in [-0.1, -0.05) is 38.1 Å². The van der Waals surface area contributed by atoms with Crippen molar-refractivity contribution in [3.05, 3.63) is 35.4 Å². The van der Waals surface area contributed by atoms with Crippen LogP contribution in [0.1, 0.15) is 37.4 Å². The summed E-state index contributed by atoms with van der Waals surface area (Å²) in [6, 6.07) is 9.28. The summed E-state index contributed by atoms with van der Waals surface area (Å²) < 4.78 is 0. The predicted molar refractivity (Wildman–Crippen MR) is 83.7 cm³/mol. The van der Waals surface area contributed by atoms with Gasteiger partial charge in [0, 0.05) is 17.9 Å². The van der Waals surface area contributed by atoms with Crippen LogP contribution in [0.15, 0.2) is 24.3 Å². The molecule has 0 amide bonds. The van der Waals surface area contributed by atoms with E-state index in [4.69, 9.17) is 5.11 Å².